The Morgan fingerprint density at radius 2 is 1.00 bits per heavy atom. The highest BCUT2D eigenvalue weighted by molar-refractivity contribution is 5.66. The highest BCUT2D eigenvalue weighted by Gasteiger charge is 2.18. The van der Waals surface area contributed by atoms with Gasteiger partial charge in [0.25, 0.3) is 0 Å². The van der Waals surface area contributed by atoms with Crippen LogP contribution in [0.25, 0.3) is 22.3 Å². The van der Waals surface area contributed by atoms with Crippen molar-refractivity contribution in [2.75, 3.05) is 0 Å². The Hall–Kier alpha value is -3.54. The van der Waals surface area contributed by atoms with Crippen LogP contribution >= 0.6 is 0 Å². The van der Waals surface area contributed by atoms with Crippen molar-refractivity contribution in [2.24, 2.45) is 0 Å². The number of rotatable bonds is 5. The van der Waals surface area contributed by atoms with E-state index in [9.17, 15) is 26.3 Å². The second-order valence-electron chi connectivity index (χ2n) is 7.30. The molecular formula is C26H16F6. The summed E-state index contributed by atoms with van der Waals surface area (Å²) in [5.41, 5.74) is 0.779. The summed E-state index contributed by atoms with van der Waals surface area (Å²) in [6, 6.07) is 16.4. The molecule has 0 fully saturated rings. The van der Waals surface area contributed by atoms with E-state index in [1.807, 2.05) is 0 Å². The van der Waals surface area contributed by atoms with Gasteiger partial charge in [-0.15, -0.1) is 0 Å². The lowest BCUT2D eigenvalue weighted by molar-refractivity contribution is 0.495. The van der Waals surface area contributed by atoms with Crippen molar-refractivity contribution in [3.63, 3.8) is 0 Å². The van der Waals surface area contributed by atoms with E-state index in [0.717, 1.165) is 17.7 Å². The third kappa shape index (κ3) is 4.13. The SMILES string of the molecule is Fc1cccc(-c2ccc(CCc3ccc(-c4cccc(F)c4F)c(F)c3F)cc2)c1F. The molecule has 4 aromatic rings. The van der Waals surface area contributed by atoms with Crippen LogP contribution in [-0.2, 0) is 12.8 Å². The van der Waals surface area contributed by atoms with E-state index in [1.54, 1.807) is 24.3 Å². The number of hydrogen-bond donors (Lipinski definition) is 0. The maximum absolute atomic E-state index is 14.6. The second-order valence-corrected chi connectivity index (χ2v) is 7.30. The van der Waals surface area contributed by atoms with E-state index in [0.29, 0.717) is 12.0 Å². The second kappa shape index (κ2) is 8.91. The summed E-state index contributed by atoms with van der Waals surface area (Å²) >= 11 is 0. The molecule has 4 aromatic carbocycles. The fraction of sp³-hybridized carbons (Fsp3) is 0.0769. The van der Waals surface area contributed by atoms with Crippen LogP contribution in [0.1, 0.15) is 11.1 Å². The monoisotopic (exact) mass is 442 g/mol. The molecule has 0 aromatic heterocycles. The zero-order valence-electron chi connectivity index (χ0n) is 16.6. The average Bonchev–Trinajstić information content (AvgIpc) is 2.79. The lowest BCUT2D eigenvalue weighted by Gasteiger charge is -2.10. The van der Waals surface area contributed by atoms with Crippen LogP contribution in [0.3, 0.4) is 0 Å². The molecule has 0 radical (unpaired) electrons. The van der Waals surface area contributed by atoms with E-state index < -0.39 is 34.9 Å². The van der Waals surface area contributed by atoms with Crippen molar-refractivity contribution in [1.29, 1.82) is 0 Å². The fourth-order valence-corrected chi connectivity index (χ4v) is 3.56. The van der Waals surface area contributed by atoms with Crippen LogP contribution in [0.15, 0.2) is 72.8 Å². The molecule has 32 heavy (non-hydrogen) atoms. The van der Waals surface area contributed by atoms with Gasteiger partial charge in [0, 0.05) is 16.7 Å². The Bertz CT molecular complexity index is 1280. The molecule has 0 unspecified atom stereocenters. The van der Waals surface area contributed by atoms with Crippen molar-refractivity contribution in [3.8, 4) is 22.3 Å². The third-order valence-corrected chi connectivity index (χ3v) is 5.30. The van der Waals surface area contributed by atoms with Crippen LogP contribution in [0.5, 0.6) is 0 Å². The molecule has 0 aliphatic heterocycles. The summed E-state index contributed by atoms with van der Waals surface area (Å²) in [7, 11) is 0. The highest BCUT2D eigenvalue weighted by Crippen LogP contribution is 2.30. The van der Waals surface area contributed by atoms with Gasteiger partial charge in [-0.2, -0.15) is 0 Å². The third-order valence-electron chi connectivity index (χ3n) is 5.30. The van der Waals surface area contributed by atoms with Gasteiger partial charge in [0.15, 0.2) is 34.9 Å². The first kappa shape index (κ1) is 21.7. The Morgan fingerprint density at radius 3 is 1.66 bits per heavy atom. The van der Waals surface area contributed by atoms with Crippen molar-refractivity contribution in [2.45, 2.75) is 12.8 Å². The zero-order valence-corrected chi connectivity index (χ0v) is 16.6. The number of halogens is 6. The van der Waals surface area contributed by atoms with Gasteiger partial charge in [0.1, 0.15) is 0 Å². The first-order valence-electron chi connectivity index (χ1n) is 9.81. The van der Waals surface area contributed by atoms with Gasteiger partial charge in [0.2, 0.25) is 0 Å². The van der Waals surface area contributed by atoms with Gasteiger partial charge in [0.05, 0.1) is 0 Å². The molecule has 0 saturated carbocycles. The average molecular weight is 442 g/mol. The smallest absolute Gasteiger partial charge is 0.167 e. The summed E-state index contributed by atoms with van der Waals surface area (Å²) in [4.78, 5) is 0. The molecule has 0 atom stereocenters. The highest BCUT2D eigenvalue weighted by atomic mass is 19.2. The summed E-state index contributed by atoms with van der Waals surface area (Å²) in [6.45, 7) is 0. The Morgan fingerprint density at radius 1 is 0.438 bits per heavy atom. The molecule has 0 aliphatic carbocycles. The predicted molar refractivity (Wildman–Crippen MR) is 111 cm³/mol. The van der Waals surface area contributed by atoms with Gasteiger partial charge in [-0.25, -0.2) is 26.3 Å². The maximum atomic E-state index is 14.6. The maximum Gasteiger partial charge on any atom is 0.167 e. The van der Waals surface area contributed by atoms with E-state index in [1.165, 1.54) is 36.4 Å². The summed E-state index contributed by atoms with van der Waals surface area (Å²) in [5, 5.41) is 0. The standard InChI is InChI=1S/C26H16F6/c27-21-5-1-3-18(24(21)30)16-10-7-15(8-11-16)9-12-17-13-14-20(26(32)23(17)29)19-4-2-6-22(28)25(19)31/h1-8,10-11,13-14H,9,12H2. The van der Waals surface area contributed by atoms with E-state index in [4.69, 9.17) is 0 Å². The van der Waals surface area contributed by atoms with Gasteiger partial charge in [-0.3, -0.25) is 0 Å². The normalized spacial score (nSPS) is 11.1. The molecule has 0 nitrogen and oxygen atoms in total. The molecule has 0 N–H and O–H groups in total. The van der Waals surface area contributed by atoms with Crippen molar-refractivity contribution in [1.82, 2.24) is 0 Å². The Labute approximate surface area is 180 Å². The quantitative estimate of drug-likeness (QED) is 0.279. The Kier molecular flexibility index (Phi) is 6.04. The minimum absolute atomic E-state index is 0.0864. The molecular weight excluding hydrogens is 426 g/mol. The van der Waals surface area contributed by atoms with Crippen LogP contribution in [0.2, 0.25) is 0 Å². The summed E-state index contributed by atoms with van der Waals surface area (Å²) < 4.78 is 83.9. The first-order valence-corrected chi connectivity index (χ1v) is 9.81. The lowest BCUT2D eigenvalue weighted by Crippen LogP contribution is -2.01. The van der Waals surface area contributed by atoms with Gasteiger partial charge in [-0.1, -0.05) is 60.7 Å². The van der Waals surface area contributed by atoms with Crippen molar-refractivity contribution in [3.05, 3.63) is 119 Å². The molecule has 0 bridgehead atoms. The van der Waals surface area contributed by atoms with E-state index in [2.05, 4.69) is 0 Å². The van der Waals surface area contributed by atoms with Crippen molar-refractivity contribution >= 4 is 0 Å². The largest absolute Gasteiger partial charge is 0.204 e. The number of hydrogen-bond acceptors (Lipinski definition) is 0. The van der Waals surface area contributed by atoms with Crippen molar-refractivity contribution < 1.29 is 26.3 Å². The summed E-state index contributed by atoms with van der Waals surface area (Å²) in [5.74, 6) is -6.63. The first-order chi connectivity index (χ1) is 15.4. The van der Waals surface area contributed by atoms with Crippen LogP contribution < -0.4 is 0 Å². The Balaban J connectivity index is 1.52. The molecule has 6 heteroatoms. The predicted octanol–water partition coefficient (Wildman–Crippen LogP) is 7.64. The number of benzene rings is 4. The summed E-state index contributed by atoms with van der Waals surface area (Å²) in [6.07, 6.45) is 0.512. The zero-order chi connectivity index (χ0) is 22.8. The van der Waals surface area contributed by atoms with Gasteiger partial charge in [-0.05, 0) is 41.7 Å². The molecule has 0 saturated heterocycles. The van der Waals surface area contributed by atoms with E-state index >= 15 is 0 Å². The molecule has 4 rings (SSSR count). The fourth-order valence-electron chi connectivity index (χ4n) is 3.56. The van der Waals surface area contributed by atoms with E-state index in [-0.39, 0.29) is 28.7 Å². The molecule has 0 amide bonds. The topological polar surface area (TPSA) is 0 Å². The molecule has 162 valence electrons. The van der Waals surface area contributed by atoms with Crippen LogP contribution in [0, 0.1) is 34.9 Å². The lowest BCUT2D eigenvalue weighted by atomic mass is 9.97. The molecule has 0 heterocycles. The van der Waals surface area contributed by atoms with Crippen LogP contribution in [0.4, 0.5) is 26.3 Å². The minimum atomic E-state index is -1.25. The molecule has 0 spiro atoms. The van der Waals surface area contributed by atoms with Gasteiger partial charge >= 0.3 is 0 Å². The minimum Gasteiger partial charge on any atom is -0.204 e. The number of aryl methyl sites for hydroxylation is 2. The van der Waals surface area contributed by atoms with Crippen LogP contribution in [-0.4, -0.2) is 0 Å². The molecule has 0 aliphatic rings. The van der Waals surface area contributed by atoms with Gasteiger partial charge < -0.3 is 0 Å².